The van der Waals surface area contributed by atoms with Crippen molar-refractivity contribution in [3.05, 3.63) is 34.1 Å². The van der Waals surface area contributed by atoms with E-state index in [1.807, 2.05) is 6.92 Å². The van der Waals surface area contributed by atoms with Gasteiger partial charge in [0.25, 0.3) is 0 Å². The van der Waals surface area contributed by atoms with E-state index in [9.17, 15) is 13.2 Å². The summed E-state index contributed by atoms with van der Waals surface area (Å²) in [7, 11) is 0. The number of halogens is 4. The molecule has 0 fully saturated rings. The van der Waals surface area contributed by atoms with Crippen LogP contribution in [0, 0.1) is 6.92 Å². The third kappa shape index (κ3) is 4.40. The van der Waals surface area contributed by atoms with Crippen LogP contribution in [-0.2, 0) is 12.6 Å². The van der Waals surface area contributed by atoms with Gasteiger partial charge in [0.15, 0.2) is 5.11 Å². The molecule has 25 heavy (non-hydrogen) atoms. The first-order chi connectivity index (χ1) is 11.6. The molecule has 2 heterocycles. The van der Waals surface area contributed by atoms with Crippen LogP contribution >= 0.6 is 23.8 Å². The Morgan fingerprint density at radius 1 is 1.40 bits per heavy atom. The van der Waals surface area contributed by atoms with Gasteiger partial charge in [-0.3, -0.25) is 0 Å². The molecule has 0 aliphatic rings. The predicted octanol–water partition coefficient (Wildman–Crippen LogP) is 4.49. The van der Waals surface area contributed by atoms with Gasteiger partial charge < -0.3 is 10.5 Å². The van der Waals surface area contributed by atoms with Crippen molar-refractivity contribution in [1.29, 1.82) is 0 Å². The first-order valence-electron chi connectivity index (χ1n) is 7.44. The highest BCUT2D eigenvalue weighted by Gasteiger charge is 2.32. The summed E-state index contributed by atoms with van der Waals surface area (Å²) in [5.74, 6) is 0.00733. The Hall–Kier alpha value is -1.87. The van der Waals surface area contributed by atoms with Crippen LogP contribution < -0.4 is 10.5 Å². The van der Waals surface area contributed by atoms with Crippen molar-refractivity contribution in [1.82, 2.24) is 14.8 Å². The Labute approximate surface area is 152 Å². The summed E-state index contributed by atoms with van der Waals surface area (Å²) in [5, 5.41) is 3.95. The zero-order valence-corrected chi connectivity index (χ0v) is 15.1. The van der Waals surface area contributed by atoms with Crippen molar-refractivity contribution in [3.63, 3.8) is 0 Å². The van der Waals surface area contributed by atoms with E-state index >= 15 is 0 Å². The minimum atomic E-state index is -4.54. The van der Waals surface area contributed by atoms with Crippen molar-refractivity contribution >= 4 is 28.9 Å². The van der Waals surface area contributed by atoms with Crippen molar-refractivity contribution in [2.45, 2.75) is 39.3 Å². The number of thiocarbonyl (C=S) groups is 1. The minimum Gasteiger partial charge on any atom is -0.417 e. The molecule has 0 bridgehead atoms. The van der Waals surface area contributed by atoms with Crippen molar-refractivity contribution < 1.29 is 17.9 Å². The number of nitrogens with zero attached hydrogens (tertiary/aromatic N) is 3. The number of hydrogen-bond acceptors (Lipinski definition) is 4. The molecular weight excluding hydrogens is 377 g/mol. The average molecular weight is 393 g/mol. The van der Waals surface area contributed by atoms with Gasteiger partial charge in [-0.25, -0.2) is 9.67 Å². The number of aromatic nitrogens is 3. The van der Waals surface area contributed by atoms with Crippen molar-refractivity contribution in [2.24, 2.45) is 5.73 Å². The summed E-state index contributed by atoms with van der Waals surface area (Å²) in [6.45, 7) is 3.81. The Kier molecular flexibility index (Phi) is 5.89. The molecule has 0 atom stereocenters. The van der Waals surface area contributed by atoms with Gasteiger partial charge in [0, 0.05) is 11.8 Å². The first kappa shape index (κ1) is 19.5. The smallest absolute Gasteiger partial charge is 0.417 e. The highest BCUT2D eigenvalue weighted by molar-refractivity contribution is 7.80. The van der Waals surface area contributed by atoms with Crippen LogP contribution in [-0.4, -0.2) is 19.9 Å². The maximum atomic E-state index is 12.7. The van der Waals surface area contributed by atoms with Gasteiger partial charge in [0.05, 0.1) is 11.3 Å². The predicted molar refractivity (Wildman–Crippen MR) is 92.1 cm³/mol. The van der Waals surface area contributed by atoms with E-state index in [1.165, 1.54) is 4.68 Å². The maximum Gasteiger partial charge on any atom is 0.417 e. The number of unbranched alkanes of at least 4 members (excludes halogenated alkanes) is 1. The van der Waals surface area contributed by atoms with Gasteiger partial charge in [-0.1, -0.05) is 24.9 Å². The van der Waals surface area contributed by atoms with Crippen molar-refractivity contribution in [2.75, 3.05) is 0 Å². The van der Waals surface area contributed by atoms with E-state index in [0.29, 0.717) is 18.3 Å². The summed E-state index contributed by atoms with van der Waals surface area (Å²) in [5.41, 5.74) is 6.13. The lowest BCUT2D eigenvalue weighted by molar-refractivity contribution is -0.137. The topological polar surface area (TPSA) is 66.0 Å². The van der Waals surface area contributed by atoms with Crippen LogP contribution in [0.4, 0.5) is 13.2 Å². The summed E-state index contributed by atoms with van der Waals surface area (Å²) in [6, 6.07) is 0.757. The Balaban J connectivity index is 2.39. The molecular formula is C15H16ClF3N4OS. The highest BCUT2D eigenvalue weighted by atomic mass is 35.5. The van der Waals surface area contributed by atoms with Gasteiger partial charge in [0.1, 0.15) is 5.02 Å². The number of ether oxygens (including phenoxy) is 1. The minimum absolute atomic E-state index is 0.0385. The number of pyridine rings is 1. The molecule has 0 aliphatic carbocycles. The molecule has 5 nitrogen and oxygen atoms in total. The van der Waals surface area contributed by atoms with Crippen LogP contribution in [0.1, 0.15) is 36.6 Å². The van der Waals surface area contributed by atoms with Gasteiger partial charge in [-0.2, -0.15) is 13.2 Å². The third-order valence-electron chi connectivity index (χ3n) is 3.52. The molecule has 136 valence electrons. The molecule has 2 N–H and O–H groups in total. The molecule has 2 rings (SSSR count). The second kappa shape index (κ2) is 7.57. The molecule has 0 radical (unpaired) electrons. The van der Waals surface area contributed by atoms with Crippen LogP contribution in [0.25, 0.3) is 0 Å². The van der Waals surface area contributed by atoms with Crippen molar-refractivity contribution in [3.8, 4) is 11.8 Å². The summed E-state index contributed by atoms with van der Waals surface area (Å²) >= 11 is 10.8. The van der Waals surface area contributed by atoms with Gasteiger partial charge in [-0.05, 0) is 38.0 Å². The lowest BCUT2D eigenvalue weighted by Gasteiger charge is -2.09. The third-order valence-corrected chi connectivity index (χ3v) is 3.96. The zero-order chi connectivity index (χ0) is 18.8. The van der Waals surface area contributed by atoms with Gasteiger partial charge in [0.2, 0.25) is 11.8 Å². The fraction of sp³-hybridized carbons (Fsp3) is 0.400. The fourth-order valence-electron chi connectivity index (χ4n) is 2.19. The molecule has 2 aromatic heterocycles. The van der Waals surface area contributed by atoms with Crippen LogP contribution in [0.15, 0.2) is 12.3 Å². The van der Waals surface area contributed by atoms with E-state index < -0.39 is 11.7 Å². The summed E-state index contributed by atoms with van der Waals surface area (Å²) < 4.78 is 45.0. The molecule has 2 aromatic rings. The number of alkyl halides is 3. The summed E-state index contributed by atoms with van der Waals surface area (Å²) in [6.07, 6.45) is -1.42. The second-order valence-electron chi connectivity index (χ2n) is 5.33. The van der Waals surface area contributed by atoms with Crippen LogP contribution in [0.5, 0.6) is 11.8 Å². The van der Waals surface area contributed by atoms with E-state index in [1.54, 1.807) is 6.92 Å². The molecule has 0 spiro atoms. The van der Waals surface area contributed by atoms with E-state index in [-0.39, 0.29) is 21.9 Å². The molecule has 0 amide bonds. The lowest BCUT2D eigenvalue weighted by atomic mass is 10.1. The maximum absolute atomic E-state index is 12.7. The van der Waals surface area contributed by atoms with Gasteiger partial charge >= 0.3 is 6.18 Å². The standard InChI is InChI=1S/C15H16ClF3N4OS/c1-3-4-5-10-8(2)23(14(20)25)22-12(10)24-13-11(16)6-9(7-21-13)15(17,18)19/h6-7H,3-5H2,1-2H3,(H2,20,25). The summed E-state index contributed by atoms with van der Waals surface area (Å²) in [4.78, 5) is 3.66. The van der Waals surface area contributed by atoms with E-state index in [4.69, 9.17) is 34.3 Å². The highest BCUT2D eigenvalue weighted by Crippen LogP contribution is 2.35. The number of rotatable bonds is 5. The monoisotopic (exact) mass is 392 g/mol. The normalized spacial score (nSPS) is 11.6. The van der Waals surface area contributed by atoms with E-state index in [0.717, 1.165) is 24.5 Å². The quantitative estimate of drug-likeness (QED) is 0.759. The molecule has 0 aromatic carbocycles. The average Bonchev–Trinajstić information content (AvgIpc) is 2.82. The lowest BCUT2D eigenvalue weighted by Crippen LogP contribution is -2.21. The van der Waals surface area contributed by atoms with Crippen LogP contribution in [0.3, 0.4) is 0 Å². The zero-order valence-electron chi connectivity index (χ0n) is 13.5. The second-order valence-corrected chi connectivity index (χ2v) is 6.16. The number of nitrogens with two attached hydrogens (primary N) is 1. The first-order valence-corrected chi connectivity index (χ1v) is 8.22. The molecule has 0 saturated heterocycles. The Morgan fingerprint density at radius 2 is 2.08 bits per heavy atom. The molecule has 10 heteroatoms. The Bertz CT molecular complexity index is 792. The largest absolute Gasteiger partial charge is 0.417 e. The Morgan fingerprint density at radius 3 is 2.60 bits per heavy atom. The molecule has 0 aliphatic heterocycles. The SMILES string of the molecule is CCCCc1c(Oc2ncc(C(F)(F)F)cc2Cl)nn(C(N)=S)c1C. The van der Waals surface area contributed by atoms with Gasteiger partial charge in [-0.15, -0.1) is 5.10 Å². The van der Waals surface area contributed by atoms with E-state index in [2.05, 4.69) is 10.1 Å². The van der Waals surface area contributed by atoms with Crippen LogP contribution in [0.2, 0.25) is 5.02 Å². The number of hydrogen-bond donors (Lipinski definition) is 1. The molecule has 0 saturated carbocycles. The fourth-order valence-corrected chi connectivity index (χ4v) is 2.58. The molecule has 0 unspecified atom stereocenters.